The Morgan fingerprint density at radius 1 is 1.27 bits per heavy atom. The van der Waals surface area contributed by atoms with E-state index >= 15 is 0 Å². The number of carbonyl (C=O) groups is 1. The van der Waals surface area contributed by atoms with Crippen LogP contribution < -0.4 is 5.43 Å². The van der Waals surface area contributed by atoms with Crippen LogP contribution in [0.1, 0.15) is 22.8 Å². The molecule has 3 aromatic rings. The second-order valence-corrected chi connectivity index (χ2v) is 4.82. The molecule has 110 valence electrons. The molecule has 0 saturated carbocycles. The molecule has 0 unspecified atom stereocenters. The van der Waals surface area contributed by atoms with Crippen LogP contribution in [-0.2, 0) is 6.54 Å². The number of carbonyl (C=O) groups excluding carboxylic acids is 1. The Labute approximate surface area is 128 Å². The second-order valence-electron chi connectivity index (χ2n) is 4.82. The maximum atomic E-state index is 11.9. The molecule has 1 aromatic carbocycles. The number of fused-ring (bicyclic) bond motifs is 1. The van der Waals surface area contributed by atoms with Crippen molar-refractivity contribution in [1.82, 2.24) is 15.0 Å². The first-order valence-electron chi connectivity index (χ1n) is 7.11. The number of benzene rings is 1. The number of hydrogen-bond donors (Lipinski definition) is 1. The highest BCUT2D eigenvalue weighted by Crippen LogP contribution is 2.19. The molecule has 2 aromatic heterocycles. The van der Waals surface area contributed by atoms with Gasteiger partial charge in [-0.3, -0.25) is 9.78 Å². The van der Waals surface area contributed by atoms with Gasteiger partial charge in [0.15, 0.2) is 0 Å². The van der Waals surface area contributed by atoms with Crippen LogP contribution in [0.3, 0.4) is 0 Å². The van der Waals surface area contributed by atoms with Crippen molar-refractivity contribution >= 4 is 23.0 Å². The topological polar surface area (TPSA) is 59.3 Å². The van der Waals surface area contributed by atoms with E-state index in [-0.39, 0.29) is 5.91 Å². The van der Waals surface area contributed by atoms with Gasteiger partial charge < -0.3 is 4.57 Å². The molecule has 1 amide bonds. The van der Waals surface area contributed by atoms with E-state index in [4.69, 9.17) is 0 Å². The Kier molecular flexibility index (Phi) is 3.96. The molecule has 0 radical (unpaired) electrons. The van der Waals surface area contributed by atoms with Crippen molar-refractivity contribution in [2.45, 2.75) is 13.5 Å². The second kappa shape index (κ2) is 6.22. The van der Waals surface area contributed by atoms with Crippen molar-refractivity contribution in [3.8, 4) is 0 Å². The Balaban J connectivity index is 1.80. The van der Waals surface area contributed by atoms with Crippen LogP contribution in [0.5, 0.6) is 0 Å². The standard InChI is InChI=1S/C17H16N4O/c1-2-21-12-14(15-5-3-4-6-16(15)21)11-19-20-17(22)13-7-9-18-10-8-13/h3-12H,2H2,1H3,(H,20,22)/b19-11-. The van der Waals surface area contributed by atoms with Crippen molar-refractivity contribution in [3.05, 3.63) is 66.1 Å². The quantitative estimate of drug-likeness (QED) is 0.594. The number of para-hydroxylation sites is 1. The van der Waals surface area contributed by atoms with E-state index in [2.05, 4.69) is 33.1 Å². The molecule has 0 spiro atoms. The van der Waals surface area contributed by atoms with Crippen molar-refractivity contribution in [2.24, 2.45) is 5.10 Å². The molecular formula is C17H16N4O. The fourth-order valence-electron chi connectivity index (χ4n) is 2.37. The molecule has 0 aliphatic heterocycles. The number of amides is 1. The number of aryl methyl sites for hydroxylation is 1. The van der Waals surface area contributed by atoms with Gasteiger partial charge in [0.25, 0.3) is 5.91 Å². The summed E-state index contributed by atoms with van der Waals surface area (Å²) in [4.78, 5) is 15.8. The first-order valence-corrected chi connectivity index (χ1v) is 7.11. The lowest BCUT2D eigenvalue weighted by atomic mass is 10.2. The van der Waals surface area contributed by atoms with Crippen LogP contribution in [0.25, 0.3) is 10.9 Å². The zero-order valence-electron chi connectivity index (χ0n) is 12.2. The summed E-state index contributed by atoms with van der Waals surface area (Å²) in [6, 6.07) is 11.4. The van der Waals surface area contributed by atoms with Gasteiger partial charge in [-0.05, 0) is 25.1 Å². The predicted molar refractivity (Wildman–Crippen MR) is 86.9 cm³/mol. The molecule has 0 aliphatic carbocycles. The molecule has 0 fully saturated rings. The number of pyridine rings is 1. The van der Waals surface area contributed by atoms with Crippen LogP contribution in [0, 0.1) is 0 Å². The summed E-state index contributed by atoms with van der Waals surface area (Å²) in [6.45, 7) is 2.98. The van der Waals surface area contributed by atoms with E-state index in [1.54, 1.807) is 30.7 Å². The van der Waals surface area contributed by atoms with E-state index in [1.165, 1.54) is 0 Å². The SMILES string of the molecule is CCn1cc(/C=N\NC(=O)c2ccncc2)c2ccccc21. The molecule has 5 heteroatoms. The summed E-state index contributed by atoms with van der Waals surface area (Å²) >= 11 is 0. The van der Waals surface area contributed by atoms with Gasteiger partial charge in [0.05, 0.1) is 6.21 Å². The fourth-order valence-corrected chi connectivity index (χ4v) is 2.37. The molecule has 22 heavy (non-hydrogen) atoms. The third kappa shape index (κ3) is 2.74. The van der Waals surface area contributed by atoms with Gasteiger partial charge in [-0.25, -0.2) is 5.43 Å². The van der Waals surface area contributed by atoms with Gasteiger partial charge in [-0.15, -0.1) is 0 Å². The summed E-state index contributed by atoms with van der Waals surface area (Å²) in [5.74, 6) is -0.252. The molecule has 0 atom stereocenters. The number of rotatable bonds is 4. The van der Waals surface area contributed by atoms with E-state index in [1.807, 2.05) is 24.4 Å². The molecule has 0 bridgehead atoms. The highest BCUT2D eigenvalue weighted by molar-refractivity contribution is 6.00. The number of hydrogen-bond acceptors (Lipinski definition) is 3. The smallest absolute Gasteiger partial charge is 0.271 e. The minimum absolute atomic E-state index is 0.252. The number of nitrogens with one attached hydrogen (secondary N) is 1. The van der Waals surface area contributed by atoms with E-state index < -0.39 is 0 Å². The van der Waals surface area contributed by atoms with Gasteiger partial charge in [0.2, 0.25) is 0 Å². The zero-order chi connectivity index (χ0) is 15.4. The van der Waals surface area contributed by atoms with E-state index in [9.17, 15) is 4.79 Å². The lowest BCUT2D eigenvalue weighted by molar-refractivity contribution is 0.0955. The summed E-state index contributed by atoms with van der Waals surface area (Å²) in [5, 5.41) is 5.17. The van der Waals surface area contributed by atoms with Gasteiger partial charge in [-0.1, -0.05) is 18.2 Å². The zero-order valence-corrected chi connectivity index (χ0v) is 12.2. The van der Waals surface area contributed by atoms with Crippen LogP contribution in [-0.4, -0.2) is 21.7 Å². The molecule has 5 nitrogen and oxygen atoms in total. The van der Waals surface area contributed by atoms with Gasteiger partial charge in [0, 0.05) is 47.2 Å². The first-order chi connectivity index (χ1) is 10.8. The minimum atomic E-state index is -0.252. The Hall–Kier alpha value is -2.95. The van der Waals surface area contributed by atoms with Crippen LogP contribution in [0.4, 0.5) is 0 Å². The number of nitrogens with zero attached hydrogens (tertiary/aromatic N) is 3. The molecule has 0 saturated heterocycles. The maximum absolute atomic E-state index is 11.9. The Bertz CT molecular complexity index is 821. The normalized spacial score (nSPS) is 11.1. The molecule has 0 aliphatic rings. The average molecular weight is 292 g/mol. The lowest BCUT2D eigenvalue weighted by Crippen LogP contribution is -2.17. The highest BCUT2D eigenvalue weighted by Gasteiger charge is 2.06. The van der Waals surface area contributed by atoms with E-state index in [0.29, 0.717) is 5.56 Å². The minimum Gasteiger partial charge on any atom is -0.347 e. The monoisotopic (exact) mass is 292 g/mol. The first kappa shape index (κ1) is 14.0. The molecule has 1 N–H and O–H groups in total. The van der Waals surface area contributed by atoms with Crippen molar-refractivity contribution < 1.29 is 4.79 Å². The van der Waals surface area contributed by atoms with Crippen molar-refractivity contribution in [1.29, 1.82) is 0 Å². The van der Waals surface area contributed by atoms with Crippen LogP contribution >= 0.6 is 0 Å². The van der Waals surface area contributed by atoms with Crippen molar-refractivity contribution in [3.63, 3.8) is 0 Å². The third-order valence-corrected chi connectivity index (χ3v) is 3.47. The fraction of sp³-hybridized carbons (Fsp3) is 0.118. The average Bonchev–Trinajstić information content (AvgIpc) is 2.94. The predicted octanol–water partition coefficient (Wildman–Crippen LogP) is 2.82. The van der Waals surface area contributed by atoms with Gasteiger partial charge in [-0.2, -0.15) is 5.10 Å². The van der Waals surface area contributed by atoms with Gasteiger partial charge >= 0.3 is 0 Å². The lowest BCUT2D eigenvalue weighted by Gasteiger charge is -1.98. The van der Waals surface area contributed by atoms with Crippen LogP contribution in [0.15, 0.2) is 60.1 Å². The highest BCUT2D eigenvalue weighted by atomic mass is 16.2. The third-order valence-electron chi connectivity index (χ3n) is 3.47. The Morgan fingerprint density at radius 3 is 2.82 bits per heavy atom. The largest absolute Gasteiger partial charge is 0.347 e. The van der Waals surface area contributed by atoms with Crippen molar-refractivity contribution in [2.75, 3.05) is 0 Å². The number of hydrazone groups is 1. The van der Waals surface area contributed by atoms with E-state index in [0.717, 1.165) is 23.0 Å². The van der Waals surface area contributed by atoms with Gasteiger partial charge in [0.1, 0.15) is 0 Å². The molecule has 3 rings (SSSR count). The molecular weight excluding hydrogens is 276 g/mol. The maximum Gasteiger partial charge on any atom is 0.271 e. The van der Waals surface area contributed by atoms with Crippen LogP contribution in [0.2, 0.25) is 0 Å². The Morgan fingerprint density at radius 2 is 2.05 bits per heavy atom. The summed E-state index contributed by atoms with van der Waals surface area (Å²) in [5.41, 5.74) is 5.20. The summed E-state index contributed by atoms with van der Waals surface area (Å²) in [7, 11) is 0. The number of aromatic nitrogens is 2. The molecule has 2 heterocycles. The summed E-state index contributed by atoms with van der Waals surface area (Å²) in [6.07, 6.45) is 6.86. The summed E-state index contributed by atoms with van der Waals surface area (Å²) < 4.78 is 2.15.